The highest BCUT2D eigenvalue weighted by molar-refractivity contribution is 7.99. The molecule has 9 heteroatoms. The fourth-order valence-corrected chi connectivity index (χ4v) is 5.13. The lowest BCUT2D eigenvalue weighted by molar-refractivity contribution is 0.0417. The summed E-state index contributed by atoms with van der Waals surface area (Å²) in [6.45, 7) is 6.98. The quantitative estimate of drug-likeness (QED) is 0.707. The second-order valence-corrected chi connectivity index (χ2v) is 8.59. The number of urea groups is 1. The van der Waals surface area contributed by atoms with Crippen LogP contribution in [0.5, 0.6) is 0 Å². The smallest absolute Gasteiger partial charge is 0.320 e. The number of likely N-dealkylation sites (tertiary alicyclic amines) is 2. The summed E-state index contributed by atoms with van der Waals surface area (Å²) in [5.74, 6) is 1.95. The van der Waals surface area contributed by atoms with Crippen LogP contribution in [0.3, 0.4) is 0 Å². The average molecular weight is 395 g/mol. The number of hydrogen-bond acceptors (Lipinski definition) is 6. The lowest BCUT2D eigenvalue weighted by Crippen LogP contribution is -2.48. The number of nitrogens with zero attached hydrogens (tertiary/aromatic N) is 6. The van der Waals surface area contributed by atoms with E-state index in [0.717, 1.165) is 42.7 Å². The Morgan fingerprint density at radius 2 is 1.89 bits per heavy atom. The first-order valence-corrected chi connectivity index (χ1v) is 11.1. The van der Waals surface area contributed by atoms with Gasteiger partial charge in [0, 0.05) is 39.0 Å². The predicted molar refractivity (Wildman–Crippen MR) is 104 cm³/mol. The highest BCUT2D eigenvalue weighted by atomic mass is 32.2. The molecule has 2 amide bonds. The predicted octanol–water partition coefficient (Wildman–Crippen LogP) is 1.59. The van der Waals surface area contributed by atoms with E-state index in [1.54, 1.807) is 11.8 Å². The van der Waals surface area contributed by atoms with E-state index in [4.69, 9.17) is 4.74 Å². The highest BCUT2D eigenvalue weighted by Crippen LogP contribution is 2.33. The summed E-state index contributed by atoms with van der Waals surface area (Å²) in [6.07, 6.45) is 4.63. The monoisotopic (exact) mass is 394 g/mol. The number of aromatic nitrogens is 3. The van der Waals surface area contributed by atoms with E-state index in [9.17, 15) is 4.79 Å². The van der Waals surface area contributed by atoms with Gasteiger partial charge in [-0.25, -0.2) is 4.79 Å². The molecule has 0 bridgehead atoms. The summed E-state index contributed by atoms with van der Waals surface area (Å²) in [5.41, 5.74) is 0. The van der Waals surface area contributed by atoms with Crippen molar-refractivity contribution in [3.05, 3.63) is 5.82 Å². The van der Waals surface area contributed by atoms with Crippen LogP contribution in [0, 0.1) is 0 Å². The van der Waals surface area contributed by atoms with E-state index in [2.05, 4.69) is 19.7 Å². The van der Waals surface area contributed by atoms with Crippen molar-refractivity contribution < 1.29 is 9.53 Å². The molecule has 3 fully saturated rings. The maximum atomic E-state index is 12.9. The molecule has 4 heterocycles. The average Bonchev–Trinajstić information content (AvgIpc) is 3.44. The normalized spacial score (nSPS) is 24.1. The first kappa shape index (κ1) is 19.0. The standard InChI is InChI=1S/C18H30N6O2S/c1-21-16(19-20-17(21)27-14-11-22-6-2-3-7-22)15-5-4-8-24(15)18(25)23-9-12-26-13-10-23/h15H,2-14H2,1H3. The van der Waals surface area contributed by atoms with Gasteiger partial charge in [-0.1, -0.05) is 11.8 Å². The van der Waals surface area contributed by atoms with E-state index in [0.29, 0.717) is 26.3 Å². The van der Waals surface area contributed by atoms with Crippen LogP contribution < -0.4 is 0 Å². The van der Waals surface area contributed by atoms with Gasteiger partial charge in [0.1, 0.15) is 0 Å². The molecule has 0 radical (unpaired) electrons. The Kier molecular flexibility index (Phi) is 6.19. The van der Waals surface area contributed by atoms with Crippen molar-refractivity contribution in [1.29, 1.82) is 0 Å². The SMILES string of the molecule is Cn1c(SCCN2CCCC2)nnc1C1CCCN1C(=O)N1CCOCC1. The first-order valence-electron chi connectivity index (χ1n) is 10.1. The Morgan fingerprint density at radius 3 is 2.67 bits per heavy atom. The summed E-state index contributed by atoms with van der Waals surface area (Å²) in [5, 5.41) is 9.84. The molecule has 0 spiro atoms. The Morgan fingerprint density at radius 1 is 1.11 bits per heavy atom. The molecular weight excluding hydrogens is 364 g/mol. The Hall–Kier alpha value is -1.32. The lowest BCUT2D eigenvalue weighted by Gasteiger charge is -2.33. The van der Waals surface area contributed by atoms with Gasteiger partial charge in [0.05, 0.1) is 19.3 Å². The zero-order valence-electron chi connectivity index (χ0n) is 16.2. The van der Waals surface area contributed by atoms with E-state index in [-0.39, 0.29) is 12.1 Å². The Bertz CT molecular complexity index is 642. The molecule has 27 heavy (non-hydrogen) atoms. The third kappa shape index (κ3) is 4.25. The molecule has 3 saturated heterocycles. The number of morpholine rings is 1. The number of carbonyl (C=O) groups excluding carboxylic acids is 1. The second-order valence-electron chi connectivity index (χ2n) is 7.53. The molecule has 150 valence electrons. The van der Waals surface area contributed by atoms with Gasteiger partial charge < -0.3 is 24.0 Å². The Labute approximate surface area is 165 Å². The van der Waals surface area contributed by atoms with Crippen molar-refractivity contribution in [2.45, 2.75) is 36.9 Å². The second kappa shape index (κ2) is 8.79. The molecule has 3 aliphatic heterocycles. The molecule has 1 aromatic heterocycles. The van der Waals surface area contributed by atoms with Gasteiger partial charge in [-0.3, -0.25) is 0 Å². The van der Waals surface area contributed by atoms with Crippen LogP contribution in [-0.2, 0) is 11.8 Å². The van der Waals surface area contributed by atoms with Crippen LogP contribution in [0.4, 0.5) is 4.79 Å². The van der Waals surface area contributed by atoms with Gasteiger partial charge in [0.2, 0.25) is 0 Å². The maximum Gasteiger partial charge on any atom is 0.320 e. The Balaban J connectivity index is 1.38. The van der Waals surface area contributed by atoms with Gasteiger partial charge >= 0.3 is 6.03 Å². The summed E-state index contributed by atoms with van der Waals surface area (Å²) < 4.78 is 7.46. The summed E-state index contributed by atoms with van der Waals surface area (Å²) in [4.78, 5) is 19.4. The minimum Gasteiger partial charge on any atom is -0.378 e. The molecule has 0 saturated carbocycles. The first-order chi connectivity index (χ1) is 13.2. The third-order valence-electron chi connectivity index (χ3n) is 5.78. The fraction of sp³-hybridized carbons (Fsp3) is 0.833. The number of thioether (sulfide) groups is 1. The zero-order chi connectivity index (χ0) is 18.6. The van der Waals surface area contributed by atoms with Crippen molar-refractivity contribution in [3.8, 4) is 0 Å². The van der Waals surface area contributed by atoms with Crippen molar-refractivity contribution in [3.63, 3.8) is 0 Å². The molecule has 4 rings (SSSR count). The molecule has 1 atom stereocenters. The fourth-order valence-electron chi connectivity index (χ4n) is 4.21. The molecule has 0 N–H and O–H groups in total. The number of carbonyl (C=O) groups is 1. The van der Waals surface area contributed by atoms with Crippen LogP contribution in [0.1, 0.15) is 37.5 Å². The summed E-state index contributed by atoms with van der Waals surface area (Å²) in [7, 11) is 2.03. The van der Waals surface area contributed by atoms with Gasteiger partial charge in [0.25, 0.3) is 0 Å². The van der Waals surface area contributed by atoms with E-state index in [1.807, 2.05) is 16.8 Å². The molecule has 0 aromatic carbocycles. The third-order valence-corrected chi connectivity index (χ3v) is 6.78. The number of amides is 2. The van der Waals surface area contributed by atoms with Crippen molar-refractivity contribution in [2.75, 3.05) is 58.2 Å². The maximum absolute atomic E-state index is 12.9. The highest BCUT2D eigenvalue weighted by Gasteiger charge is 2.36. The van der Waals surface area contributed by atoms with Gasteiger partial charge in [-0.15, -0.1) is 10.2 Å². The van der Waals surface area contributed by atoms with Gasteiger partial charge in [0.15, 0.2) is 11.0 Å². The van der Waals surface area contributed by atoms with Crippen LogP contribution in [0.15, 0.2) is 5.16 Å². The van der Waals surface area contributed by atoms with Crippen molar-refractivity contribution in [1.82, 2.24) is 29.5 Å². The minimum absolute atomic E-state index is 0.0331. The van der Waals surface area contributed by atoms with Crippen molar-refractivity contribution >= 4 is 17.8 Å². The summed E-state index contributed by atoms with van der Waals surface area (Å²) >= 11 is 1.77. The van der Waals surface area contributed by atoms with E-state index < -0.39 is 0 Å². The summed E-state index contributed by atoms with van der Waals surface area (Å²) in [6, 6.07) is 0.151. The number of rotatable bonds is 5. The molecule has 1 aromatic rings. The number of ether oxygens (including phenoxy) is 1. The van der Waals surface area contributed by atoms with Gasteiger partial charge in [-0.05, 0) is 38.8 Å². The van der Waals surface area contributed by atoms with Crippen molar-refractivity contribution in [2.24, 2.45) is 7.05 Å². The molecule has 1 unspecified atom stereocenters. The minimum atomic E-state index is 0.0331. The lowest BCUT2D eigenvalue weighted by atomic mass is 10.2. The van der Waals surface area contributed by atoms with Crippen LogP contribution >= 0.6 is 11.8 Å². The van der Waals surface area contributed by atoms with Crippen LogP contribution in [0.25, 0.3) is 0 Å². The topological polar surface area (TPSA) is 66.7 Å². The zero-order valence-corrected chi connectivity index (χ0v) is 17.0. The van der Waals surface area contributed by atoms with Gasteiger partial charge in [-0.2, -0.15) is 0 Å². The molecule has 8 nitrogen and oxygen atoms in total. The van der Waals surface area contributed by atoms with E-state index >= 15 is 0 Å². The van der Waals surface area contributed by atoms with E-state index in [1.165, 1.54) is 25.9 Å². The van der Waals surface area contributed by atoms with Crippen LogP contribution in [-0.4, -0.2) is 93.7 Å². The molecule has 3 aliphatic rings. The largest absolute Gasteiger partial charge is 0.378 e. The molecular formula is C18H30N6O2S. The number of hydrogen-bond donors (Lipinski definition) is 0. The van der Waals surface area contributed by atoms with Crippen LogP contribution in [0.2, 0.25) is 0 Å². The molecule has 0 aliphatic carbocycles.